The number of nitrogens with zero attached hydrogens (tertiary/aromatic N) is 3. The molecule has 29 heavy (non-hydrogen) atoms. The second-order valence-corrected chi connectivity index (χ2v) is 7.49. The Hall–Kier alpha value is -3.22. The molecule has 2 heterocycles. The summed E-state index contributed by atoms with van der Waals surface area (Å²) in [6.07, 6.45) is 0.348. The number of aryl methyl sites for hydroxylation is 1. The van der Waals surface area contributed by atoms with E-state index in [-0.39, 0.29) is 30.2 Å². The number of aromatic nitrogens is 2. The van der Waals surface area contributed by atoms with Crippen LogP contribution in [0.15, 0.2) is 47.0 Å². The van der Waals surface area contributed by atoms with E-state index in [0.717, 1.165) is 11.3 Å². The van der Waals surface area contributed by atoms with Crippen LogP contribution in [0.2, 0.25) is 0 Å². The summed E-state index contributed by atoms with van der Waals surface area (Å²) in [7, 11) is 0. The molecule has 150 valence electrons. The molecule has 1 aromatic heterocycles. The lowest BCUT2D eigenvalue weighted by Gasteiger charge is -2.16. The van der Waals surface area contributed by atoms with Gasteiger partial charge in [-0.1, -0.05) is 11.2 Å². The molecule has 3 aromatic rings. The van der Waals surface area contributed by atoms with Crippen LogP contribution in [0, 0.1) is 12.7 Å². The lowest BCUT2D eigenvalue weighted by Crippen LogP contribution is -2.24. The second kappa shape index (κ2) is 7.66. The summed E-state index contributed by atoms with van der Waals surface area (Å²) < 4.78 is 24.9. The Morgan fingerprint density at radius 3 is 2.66 bits per heavy atom. The minimum atomic E-state index is -0.330. The van der Waals surface area contributed by atoms with Gasteiger partial charge < -0.3 is 14.2 Å². The molecule has 4 rings (SSSR count). The maximum absolute atomic E-state index is 13.9. The number of ether oxygens (including phenoxy) is 1. The van der Waals surface area contributed by atoms with Crippen LogP contribution < -0.4 is 9.64 Å². The van der Waals surface area contributed by atoms with Crippen LogP contribution in [0.1, 0.15) is 37.6 Å². The Balaban J connectivity index is 1.49. The molecule has 1 atom stereocenters. The Bertz CT molecular complexity index is 1030. The molecule has 0 aliphatic carbocycles. The summed E-state index contributed by atoms with van der Waals surface area (Å²) in [5.74, 6) is 0.998. The van der Waals surface area contributed by atoms with Crippen LogP contribution in [0.3, 0.4) is 0 Å². The van der Waals surface area contributed by atoms with Gasteiger partial charge in [0.2, 0.25) is 17.6 Å². The first-order valence-corrected chi connectivity index (χ1v) is 9.58. The van der Waals surface area contributed by atoms with Gasteiger partial charge in [-0.15, -0.1) is 0 Å². The van der Waals surface area contributed by atoms with Gasteiger partial charge >= 0.3 is 0 Å². The van der Waals surface area contributed by atoms with Crippen molar-refractivity contribution in [3.63, 3.8) is 0 Å². The van der Waals surface area contributed by atoms with Crippen molar-refractivity contribution >= 4 is 11.6 Å². The van der Waals surface area contributed by atoms with Gasteiger partial charge in [-0.2, -0.15) is 4.98 Å². The van der Waals surface area contributed by atoms with Gasteiger partial charge in [-0.05, 0) is 62.7 Å². The molecule has 0 radical (unpaired) electrons. The fourth-order valence-electron chi connectivity index (χ4n) is 3.35. The van der Waals surface area contributed by atoms with E-state index in [4.69, 9.17) is 9.26 Å². The van der Waals surface area contributed by atoms with Crippen molar-refractivity contribution in [2.45, 2.75) is 39.2 Å². The average molecular weight is 395 g/mol. The normalized spacial score (nSPS) is 16.7. The molecule has 0 bridgehead atoms. The van der Waals surface area contributed by atoms with Crippen LogP contribution >= 0.6 is 0 Å². The highest BCUT2D eigenvalue weighted by molar-refractivity contribution is 5.96. The van der Waals surface area contributed by atoms with E-state index < -0.39 is 0 Å². The lowest BCUT2D eigenvalue weighted by molar-refractivity contribution is -0.117. The van der Waals surface area contributed by atoms with E-state index in [9.17, 15) is 9.18 Å². The predicted molar refractivity (Wildman–Crippen MR) is 106 cm³/mol. The quantitative estimate of drug-likeness (QED) is 0.637. The molecule has 0 N–H and O–H groups in total. The number of carbonyl (C=O) groups is 1. The Morgan fingerprint density at radius 2 is 1.97 bits per heavy atom. The number of hydrogen-bond donors (Lipinski definition) is 0. The number of benzene rings is 2. The van der Waals surface area contributed by atoms with Gasteiger partial charge in [0, 0.05) is 24.2 Å². The molecule has 7 heteroatoms. The summed E-state index contributed by atoms with van der Waals surface area (Å²) in [5.41, 5.74) is 1.89. The predicted octanol–water partition coefficient (Wildman–Crippen LogP) is 4.49. The third-order valence-corrected chi connectivity index (χ3v) is 4.87. The van der Waals surface area contributed by atoms with Crippen LogP contribution in [-0.4, -0.2) is 28.7 Å². The van der Waals surface area contributed by atoms with E-state index in [1.807, 2.05) is 38.1 Å². The molecule has 0 spiro atoms. The van der Waals surface area contributed by atoms with Gasteiger partial charge in [0.25, 0.3) is 0 Å². The molecule has 1 aliphatic rings. The number of halogens is 1. The van der Waals surface area contributed by atoms with Crippen LogP contribution in [0.4, 0.5) is 10.1 Å². The van der Waals surface area contributed by atoms with Crippen molar-refractivity contribution in [2.75, 3.05) is 11.4 Å². The monoisotopic (exact) mass is 395 g/mol. The lowest BCUT2D eigenvalue weighted by atomic mass is 10.1. The number of amides is 1. The molecular formula is C22H22FN3O3. The van der Waals surface area contributed by atoms with E-state index >= 15 is 0 Å². The first kappa shape index (κ1) is 19.1. The van der Waals surface area contributed by atoms with Gasteiger partial charge in [0.15, 0.2) is 0 Å². The van der Waals surface area contributed by atoms with Crippen molar-refractivity contribution in [1.82, 2.24) is 10.1 Å². The summed E-state index contributed by atoms with van der Waals surface area (Å²) in [6.45, 7) is 6.01. The summed E-state index contributed by atoms with van der Waals surface area (Å²) in [6, 6.07) is 12.3. The third-order valence-electron chi connectivity index (χ3n) is 4.87. The standard InChI is InChI=1S/C22H22FN3O3/c1-13(2)28-18-8-5-15(6-9-18)21-24-22(29-25-21)16-10-20(27)26(12-16)17-7-4-14(3)19(23)11-17/h4-9,11,13,16H,10,12H2,1-3H3. The van der Waals surface area contributed by atoms with E-state index in [2.05, 4.69) is 10.1 Å². The SMILES string of the molecule is Cc1ccc(N2CC(c3nc(-c4ccc(OC(C)C)cc4)no3)CC2=O)cc1F. The topological polar surface area (TPSA) is 68.5 Å². The van der Waals surface area contributed by atoms with Crippen LogP contribution in [0.5, 0.6) is 5.75 Å². The van der Waals surface area contributed by atoms with E-state index in [1.54, 1.807) is 24.0 Å². The molecule has 6 nitrogen and oxygen atoms in total. The van der Waals surface area contributed by atoms with Gasteiger partial charge in [-0.25, -0.2) is 4.39 Å². The van der Waals surface area contributed by atoms with Crippen LogP contribution in [0.25, 0.3) is 11.4 Å². The molecule has 1 saturated heterocycles. The van der Waals surface area contributed by atoms with Crippen molar-refractivity contribution < 1.29 is 18.4 Å². The van der Waals surface area contributed by atoms with Crippen molar-refractivity contribution in [2.24, 2.45) is 0 Å². The maximum Gasteiger partial charge on any atom is 0.232 e. The fourth-order valence-corrected chi connectivity index (χ4v) is 3.35. The highest BCUT2D eigenvalue weighted by atomic mass is 19.1. The second-order valence-electron chi connectivity index (χ2n) is 7.49. The third kappa shape index (κ3) is 3.99. The molecule has 1 fully saturated rings. The average Bonchev–Trinajstić information content (AvgIpc) is 3.31. The minimum absolute atomic E-state index is 0.0896. The maximum atomic E-state index is 13.9. The van der Waals surface area contributed by atoms with Crippen molar-refractivity contribution in [3.05, 3.63) is 59.7 Å². The Morgan fingerprint density at radius 1 is 1.21 bits per heavy atom. The first-order chi connectivity index (χ1) is 13.9. The molecule has 2 aromatic carbocycles. The molecule has 1 aliphatic heterocycles. The fraction of sp³-hybridized carbons (Fsp3) is 0.318. The largest absolute Gasteiger partial charge is 0.491 e. The number of rotatable bonds is 5. The van der Waals surface area contributed by atoms with E-state index in [1.165, 1.54) is 6.07 Å². The smallest absolute Gasteiger partial charge is 0.232 e. The van der Waals surface area contributed by atoms with Crippen molar-refractivity contribution in [1.29, 1.82) is 0 Å². The number of carbonyl (C=O) groups excluding carboxylic acids is 1. The highest BCUT2D eigenvalue weighted by Crippen LogP contribution is 2.32. The summed E-state index contributed by atoms with van der Waals surface area (Å²) in [5, 5.41) is 4.05. The zero-order valence-corrected chi connectivity index (χ0v) is 16.6. The number of anilines is 1. The Kier molecular flexibility index (Phi) is 5.05. The van der Waals surface area contributed by atoms with Gasteiger partial charge in [0.05, 0.1) is 12.0 Å². The van der Waals surface area contributed by atoms with Crippen LogP contribution in [-0.2, 0) is 4.79 Å². The molecule has 1 amide bonds. The number of hydrogen-bond acceptors (Lipinski definition) is 5. The van der Waals surface area contributed by atoms with Crippen molar-refractivity contribution in [3.8, 4) is 17.1 Å². The van der Waals surface area contributed by atoms with Gasteiger partial charge in [0.1, 0.15) is 11.6 Å². The summed E-state index contributed by atoms with van der Waals surface area (Å²) in [4.78, 5) is 18.5. The first-order valence-electron chi connectivity index (χ1n) is 9.58. The molecule has 1 unspecified atom stereocenters. The highest BCUT2D eigenvalue weighted by Gasteiger charge is 2.35. The van der Waals surface area contributed by atoms with Gasteiger partial charge in [-0.3, -0.25) is 4.79 Å². The molecule has 0 saturated carbocycles. The Labute approximate surface area is 168 Å². The summed E-state index contributed by atoms with van der Waals surface area (Å²) >= 11 is 0. The zero-order valence-electron chi connectivity index (χ0n) is 16.6. The van der Waals surface area contributed by atoms with E-state index in [0.29, 0.717) is 29.5 Å². The minimum Gasteiger partial charge on any atom is -0.491 e. The molecular weight excluding hydrogens is 373 g/mol. The zero-order chi connectivity index (χ0) is 20.5.